The molecule has 0 radical (unpaired) electrons. The van der Waals surface area contributed by atoms with Gasteiger partial charge in [-0.3, -0.25) is 14.4 Å². The van der Waals surface area contributed by atoms with Gasteiger partial charge in [0.25, 0.3) is 5.91 Å². The average molecular weight is 469 g/mol. The molecule has 1 saturated heterocycles. The molecule has 1 unspecified atom stereocenters. The molecule has 7 nitrogen and oxygen atoms in total. The lowest BCUT2D eigenvalue weighted by molar-refractivity contribution is -0.0164. The van der Waals surface area contributed by atoms with Crippen molar-refractivity contribution in [3.05, 3.63) is 62.0 Å². The molecule has 1 aliphatic rings. The molecule has 1 amide bonds. The van der Waals surface area contributed by atoms with Crippen molar-refractivity contribution in [2.24, 2.45) is 0 Å². The fourth-order valence-electron chi connectivity index (χ4n) is 3.75. The summed E-state index contributed by atoms with van der Waals surface area (Å²) < 4.78 is 34.6. The van der Waals surface area contributed by atoms with E-state index in [-0.39, 0.29) is 36.6 Å². The van der Waals surface area contributed by atoms with Crippen LogP contribution in [0.5, 0.6) is 5.75 Å². The molecule has 0 bridgehead atoms. The number of aromatic hydroxyl groups is 1. The van der Waals surface area contributed by atoms with Gasteiger partial charge in [-0.1, -0.05) is 31.0 Å². The van der Waals surface area contributed by atoms with E-state index in [9.17, 15) is 28.3 Å². The summed E-state index contributed by atoms with van der Waals surface area (Å²) in [6.45, 7) is 1.94. The Labute approximate surface area is 188 Å². The van der Waals surface area contributed by atoms with Gasteiger partial charge in [0.1, 0.15) is 27.9 Å². The zero-order valence-electron chi connectivity index (χ0n) is 17.4. The van der Waals surface area contributed by atoms with Gasteiger partial charge in [0, 0.05) is 18.3 Å². The van der Waals surface area contributed by atoms with Crippen molar-refractivity contribution >= 4 is 23.8 Å². The maximum atomic E-state index is 14.1. The van der Waals surface area contributed by atoms with Crippen molar-refractivity contribution in [1.82, 2.24) is 9.88 Å². The topological polar surface area (TPSA) is 97.6 Å². The summed E-state index contributed by atoms with van der Waals surface area (Å²) in [7, 11) is 0. The number of aldehydes is 1. The second-order valence-electron chi connectivity index (χ2n) is 7.62. The Balaban J connectivity index is 1.85. The lowest BCUT2D eigenvalue weighted by Gasteiger charge is -2.31. The van der Waals surface area contributed by atoms with Gasteiger partial charge in [0.15, 0.2) is 12.0 Å². The molecule has 2 atom stereocenters. The quantitative estimate of drug-likeness (QED) is 0.476. The van der Waals surface area contributed by atoms with Crippen LogP contribution in [0, 0.1) is 11.6 Å². The van der Waals surface area contributed by atoms with Gasteiger partial charge in [-0.2, -0.15) is 0 Å². The highest BCUT2D eigenvalue weighted by molar-refractivity contribution is 6.30. The molecule has 10 heteroatoms. The minimum absolute atomic E-state index is 0.0820. The van der Waals surface area contributed by atoms with Crippen molar-refractivity contribution in [3.63, 3.8) is 0 Å². The first kappa shape index (κ1) is 23.9. The molecule has 2 heterocycles. The van der Waals surface area contributed by atoms with Crippen molar-refractivity contribution < 1.29 is 28.2 Å². The van der Waals surface area contributed by atoms with Crippen LogP contribution in [0.3, 0.4) is 0 Å². The number of halogens is 3. The van der Waals surface area contributed by atoms with E-state index in [0.29, 0.717) is 12.7 Å². The standard InChI is InChI=1S/C22H23ClF2N2O5/c1-2-3-14-6-5-13(11-32-14)27-9-15(20(29)21(30)17(27)10-28)22(31)26-8-12-4-7-16(24)18(23)19(12)25/h4,7,9-10,13-14,30H,2-3,5-6,8,11H2,1H3,(H,26,31)/t13-,14?/m1/s1. The number of pyridine rings is 1. The third-order valence-corrected chi connectivity index (χ3v) is 5.86. The Morgan fingerprint density at radius 3 is 2.75 bits per heavy atom. The molecule has 0 spiro atoms. The van der Waals surface area contributed by atoms with Crippen LogP contribution in [-0.2, 0) is 11.3 Å². The first-order valence-electron chi connectivity index (χ1n) is 10.2. The summed E-state index contributed by atoms with van der Waals surface area (Å²) >= 11 is 5.54. The van der Waals surface area contributed by atoms with Crippen LogP contribution in [0.2, 0.25) is 5.02 Å². The SMILES string of the molecule is CCCC1CC[C@@H](n2cc(C(=O)NCc3ccc(F)c(Cl)c3F)c(=O)c(O)c2C=O)CO1. The molecule has 2 N–H and O–H groups in total. The molecule has 1 aromatic carbocycles. The molecule has 0 aliphatic carbocycles. The normalized spacial score (nSPS) is 18.4. The van der Waals surface area contributed by atoms with Crippen molar-refractivity contribution in [2.45, 2.75) is 51.3 Å². The highest BCUT2D eigenvalue weighted by atomic mass is 35.5. The monoisotopic (exact) mass is 468 g/mol. The highest BCUT2D eigenvalue weighted by Crippen LogP contribution is 2.28. The Morgan fingerprint density at radius 2 is 2.12 bits per heavy atom. The molecular formula is C22H23ClF2N2O5. The summed E-state index contributed by atoms with van der Waals surface area (Å²) in [4.78, 5) is 36.7. The van der Waals surface area contributed by atoms with E-state index in [2.05, 4.69) is 12.2 Å². The zero-order valence-corrected chi connectivity index (χ0v) is 18.1. The van der Waals surface area contributed by atoms with Gasteiger partial charge in [0.2, 0.25) is 5.43 Å². The highest BCUT2D eigenvalue weighted by Gasteiger charge is 2.27. The molecule has 1 fully saturated rings. The van der Waals surface area contributed by atoms with Crippen LogP contribution < -0.4 is 10.7 Å². The first-order valence-corrected chi connectivity index (χ1v) is 10.6. The van der Waals surface area contributed by atoms with E-state index in [4.69, 9.17) is 16.3 Å². The maximum absolute atomic E-state index is 14.1. The van der Waals surface area contributed by atoms with E-state index in [0.717, 1.165) is 31.4 Å². The third kappa shape index (κ3) is 4.83. The number of hydrogen-bond donors (Lipinski definition) is 2. The Bertz CT molecular complexity index is 1080. The molecule has 1 aliphatic heterocycles. The molecular weight excluding hydrogens is 446 g/mol. The van der Waals surface area contributed by atoms with E-state index in [1.807, 2.05) is 0 Å². The number of nitrogens with zero attached hydrogens (tertiary/aromatic N) is 1. The zero-order chi connectivity index (χ0) is 23.4. The average Bonchev–Trinajstić information content (AvgIpc) is 2.79. The lowest BCUT2D eigenvalue weighted by atomic mass is 10.0. The predicted molar refractivity (Wildman–Crippen MR) is 113 cm³/mol. The van der Waals surface area contributed by atoms with Crippen LogP contribution in [0.1, 0.15) is 65.1 Å². The van der Waals surface area contributed by atoms with E-state index < -0.39 is 39.3 Å². The summed E-state index contributed by atoms with van der Waals surface area (Å²) in [5, 5.41) is 11.9. The number of hydrogen-bond acceptors (Lipinski definition) is 5. The molecule has 3 rings (SSSR count). The summed E-state index contributed by atoms with van der Waals surface area (Å²) in [5.41, 5.74) is -1.77. The fourth-order valence-corrected chi connectivity index (χ4v) is 3.93. The number of ether oxygens (including phenoxy) is 1. The third-order valence-electron chi connectivity index (χ3n) is 5.51. The summed E-state index contributed by atoms with van der Waals surface area (Å²) in [6.07, 6.45) is 4.89. The lowest BCUT2D eigenvalue weighted by Crippen LogP contribution is -2.33. The molecule has 2 aromatic rings. The van der Waals surface area contributed by atoms with Crippen LogP contribution in [-0.4, -0.2) is 34.6 Å². The second-order valence-corrected chi connectivity index (χ2v) is 8.00. The minimum atomic E-state index is -1.03. The number of nitrogens with one attached hydrogen (secondary N) is 1. The number of amides is 1. The Morgan fingerprint density at radius 1 is 1.38 bits per heavy atom. The Kier molecular flexibility index (Phi) is 7.63. The number of carbonyl (C=O) groups is 2. The summed E-state index contributed by atoms with van der Waals surface area (Å²) in [6, 6.07) is 1.72. The smallest absolute Gasteiger partial charge is 0.257 e. The van der Waals surface area contributed by atoms with Gasteiger partial charge in [-0.05, 0) is 25.3 Å². The number of aromatic nitrogens is 1. The van der Waals surface area contributed by atoms with E-state index in [1.165, 1.54) is 10.8 Å². The van der Waals surface area contributed by atoms with Crippen LogP contribution in [0.4, 0.5) is 8.78 Å². The van der Waals surface area contributed by atoms with Gasteiger partial charge in [-0.25, -0.2) is 8.78 Å². The molecule has 0 saturated carbocycles. The molecule has 172 valence electrons. The molecule has 1 aromatic heterocycles. The number of benzene rings is 1. The van der Waals surface area contributed by atoms with Gasteiger partial charge < -0.3 is 19.7 Å². The van der Waals surface area contributed by atoms with E-state index >= 15 is 0 Å². The Hall–Kier alpha value is -2.78. The van der Waals surface area contributed by atoms with Crippen molar-refractivity contribution in [2.75, 3.05) is 6.61 Å². The van der Waals surface area contributed by atoms with Crippen LogP contribution >= 0.6 is 11.6 Å². The van der Waals surface area contributed by atoms with Gasteiger partial charge >= 0.3 is 0 Å². The first-order chi connectivity index (χ1) is 15.3. The number of rotatable bonds is 7. The van der Waals surface area contributed by atoms with E-state index in [1.54, 1.807) is 0 Å². The largest absolute Gasteiger partial charge is 0.503 e. The predicted octanol–water partition coefficient (Wildman–Crippen LogP) is 3.75. The second kappa shape index (κ2) is 10.2. The van der Waals surface area contributed by atoms with Gasteiger partial charge in [0.05, 0.1) is 18.8 Å². The van der Waals surface area contributed by atoms with Crippen LogP contribution in [0.25, 0.3) is 0 Å². The summed E-state index contributed by atoms with van der Waals surface area (Å²) in [5.74, 6) is -3.70. The minimum Gasteiger partial charge on any atom is -0.503 e. The number of carbonyl (C=O) groups excluding carboxylic acids is 2. The fraction of sp³-hybridized carbons (Fsp3) is 0.409. The maximum Gasteiger partial charge on any atom is 0.257 e. The van der Waals surface area contributed by atoms with Crippen molar-refractivity contribution in [1.29, 1.82) is 0 Å². The van der Waals surface area contributed by atoms with Gasteiger partial charge in [-0.15, -0.1) is 0 Å². The van der Waals surface area contributed by atoms with Crippen molar-refractivity contribution in [3.8, 4) is 5.75 Å². The molecule has 32 heavy (non-hydrogen) atoms. The van der Waals surface area contributed by atoms with Crippen LogP contribution in [0.15, 0.2) is 23.1 Å².